The molecule has 0 aromatic heterocycles. The van der Waals surface area contributed by atoms with Crippen molar-refractivity contribution in [3.63, 3.8) is 0 Å². The average molecular weight is 403 g/mol. The maximum atomic E-state index is 12.7. The van der Waals surface area contributed by atoms with E-state index in [2.05, 4.69) is 9.80 Å². The van der Waals surface area contributed by atoms with Crippen LogP contribution < -0.4 is 4.74 Å². The van der Waals surface area contributed by atoms with Gasteiger partial charge in [0, 0.05) is 39.8 Å². The van der Waals surface area contributed by atoms with E-state index in [1.165, 1.54) is 0 Å². The van der Waals surface area contributed by atoms with Gasteiger partial charge in [0.25, 0.3) is 0 Å². The van der Waals surface area contributed by atoms with Crippen LogP contribution in [0.3, 0.4) is 0 Å². The molecule has 0 aliphatic carbocycles. The highest BCUT2D eigenvalue weighted by Crippen LogP contribution is 2.14. The molecule has 3 rings (SSSR count). The molecule has 7 nitrogen and oxygen atoms in total. The molecule has 2 aliphatic rings. The van der Waals surface area contributed by atoms with E-state index in [1.807, 2.05) is 36.2 Å². The molecule has 0 unspecified atom stereocenters. The zero-order valence-corrected chi connectivity index (χ0v) is 17.8. The molecule has 0 atom stereocenters. The Morgan fingerprint density at radius 1 is 0.966 bits per heavy atom. The summed E-state index contributed by atoms with van der Waals surface area (Å²) in [5, 5.41) is 0. The van der Waals surface area contributed by atoms with Crippen molar-refractivity contribution in [3.8, 4) is 5.75 Å². The predicted molar refractivity (Wildman–Crippen MR) is 113 cm³/mol. The monoisotopic (exact) mass is 402 g/mol. The normalized spacial score (nSPS) is 18.5. The number of nitrogens with zero attached hydrogens (tertiary/aromatic N) is 4. The summed E-state index contributed by atoms with van der Waals surface area (Å²) in [5.74, 6) is 1.18. The smallest absolute Gasteiger partial charge is 0.236 e. The van der Waals surface area contributed by atoms with Gasteiger partial charge in [-0.3, -0.25) is 19.4 Å². The Kier molecular flexibility index (Phi) is 7.89. The number of likely N-dealkylation sites (tertiary alicyclic amines) is 1. The standard InChI is InChI=1S/C22H34N4O3/c1-23(16-19-7-5-8-20(15-19)29-2)21(27)17-24-9-6-10-25(14-13-24)18-22(28)26-11-3-4-12-26/h5,7-8,15H,3-4,6,9-14,16-18H2,1-2H3. The Morgan fingerprint density at radius 2 is 1.66 bits per heavy atom. The third-order valence-electron chi connectivity index (χ3n) is 5.84. The topological polar surface area (TPSA) is 56.3 Å². The molecule has 29 heavy (non-hydrogen) atoms. The van der Waals surface area contributed by atoms with Crippen LogP contribution in [0.15, 0.2) is 24.3 Å². The Bertz CT molecular complexity index is 690. The summed E-state index contributed by atoms with van der Waals surface area (Å²) >= 11 is 0. The average Bonchev–Trinajstić information content (AvgIpc) is 3.18. The minimum absolute atomic E-state index is 0.120. The molecule has 1 aromatic rings. The van der Waals surface area contributed by atoms with Gasteiger partial charge in [-0.25, -0.2) is 0 Å². The first kappa shape index (κ1) is 21.6. The molecular weight excluding hydrogens is 368 g/mol. The van der Waals surface area contributed by atoms with Gasteiger partial charge in [-0.2, -0.15) is 0 Å². The Labute approximate surface area is 174 Å². The number of ether oxygens (including phenoxy) is 1. The van der Waals surface area contributed by atoms with Gasteiger partial charge >= 0.3 is 0 Å². The first-order valence-electron chi connectivity index (χ1n) is 10.6. The fourth-order valence-electron chi connectivity index (χ4n) is 4.04. The lowest BCUT2D eigenvalue weighted by molar-refractivity contribution is -0.132. The van der Waals surface area contributed by atoms with Crippen molar-refractivity contribution in [2.75, 3.05) is 66.5 Å². The molecule has 7 heteroatoms. The first-order valence-corrected chi connectivity index (χ1v) is 10.6. The van der Waals surface area contributed by atoms with Crippen LogP contribution in [0.5, 0.6) is 5.75 Å². The largest absolute Gasteiger partial charge is 0.497 e. The molecule has 0 N–H and O–H groups in total. The van der Waals surface area contributed by atoms with E-state index in [4.69, 9.17) is 4.74 Å². The fraction of sp³-hybridized carbons (Fsp3) is 0.636. The predicted octanol–water partition coefficient (Wildman–Crippen LogP) is 1.28. The van der Waals surface area contributed by atoms with E-state index >= 15 is 0 Å². The van der Waals surface area contributed by atoms with E-state index in [9.17, 15) is 9.59 Å². The fourth-order valence-corrected chi connectivity index (χ4v) is 4.04. The molecule has 0 spiro atoms. The third kappa shape index (κ3) is 6.44. The van der Waals surface area contributed by atoms with Crippen LogP contribution in [0.1, 0.15) is 24.8 Å². The molecule has 2 fully saturated rings. The Balaban J connectivity index is 1.43. The highest BCUT2D eigenvalue weighted by atomic mass is 16.5. The molecule has 160 valence electrons. The van der Waals surface area contributed by atoms with E-state index < -0.39 is 0 Å². The molecular formula is C22H34N4O3. The lowest BCUT2D eigenvalue weighted by Gasteiger charge is -2.25. The highest BCUT2D eigenvalue weighted by molar-refractivity contribution is 5.78. The van der Waals surface area contributed by atoms with Crippen molar-refractivity contribution in [2.45, 2.75) is 25.8 Å². The number of methoxy groups -OCH3 is 1. The van der Waals surface area contributed by atoms with E-state index in [1.54, 1.807) is 12.0 Å². The number of carbonyl (C=O) groups is 2. The summed E-state index contributed by atoms with van der Waals surface area (Å²) in [7, 11) is 3.50. The van der Waals surface area contributed by atoms with Crippen molar-refractivity contribution >= 4 is 11.8 Å². The molecule has 0 radical (unpaired) electrons. The van der Waals surface area contributed by atoms with Crippen molar-refractivity contribution in [1.29, 1.82) is 0 Å². The maximum absolute atomic E-state index is 12.7. The van der Waals surface area contributed by atoms with Crippen molar-refractivity contribution in [2.24, 2.45) is 0 Å². The number of likely N-dealkylation sites (N-methyl/N-ethyl adjacent to an activating group) is 1. The summed E-state index contributed by atoms with van der Waals surface area (Å²) in [4.78, 5) is 33.3. The van der Waals surface area contributed by atoms with Crippen LogP contribution in [0.25, 0.3) is 0 Å². The van der Waals surface area contributed by atoms with E-state index in [0.29, 0.717) is 19.6 Å². The quantitative estimate of drug-likeness (QED) is 0.688. The van der Waals surface area contributed by atoms with E-state index in [0.717, 1.165) is 69.8 Å². The van der Waals surface area contributed by atoms with Crippen LogP contribution in [-0.4, -0.2) is 97.9 Å². The third-order valence-corrected chi connectivity index (χ3v) is 5.84. The van der Waals surface area contributed by atoms with Crippen LogP contribution in [0.4, 0.5) is 0 Å². The SMILES string of the molecule is COc1cccc(CN(C)C(=O)CN2CCCN(CC(=O)N3CCCC3)CC2)c1. The Hall–Kier alpha value is -2.12. The number of hydrogen-bond acceptors (Lipinski definition) is 5. The van der Waals surface area contributed by atoms with Gasteiger partial charge in [0.2, 0.25) is 11.8 Å². The van der Waals surface area contributed by atoms with Gasteiger partial charge in [0.05, 0.1) is 20.2 Å². The zero-order valence-electron chi connectivity index (χ0n) is 17.8. The van der Waals surface area contributed by atoms with Crippen LogP contribution in [-0.2, 0) is 16.1 Å². The van der Waals surface area contributed by atoms with Crippen molar-refractivity contribution in [1.82, 2.24) is 19.6 Å². The number of carbonyl (C=O) groups excluding carboxylic acids is 2. The van der Waals surface area contributed by atoms with Gasteiger partial charge in [0.15, 0.2) is 0 Å². The Morgan fingerprint density at radius 3 is 2.34 bits per heavy atom. The summed E-state index contributed by atoms with van der Waals surface area (Å²) in [5.41, 5.74) is 1.06. The molecule has 2 amide bonds. The van der Waals surface area contributed by atoms with Gasteiger partial charge in [-0.05, 0) is 50.0 Å². The van der Waals surface area contributed by atoms with Gasteiger partial charge in [-0.1, -0.05) is 12.1 Å². The second-order valence-electron chi connectivity index (χ2n) is 8.10. The van der Waals surface area contributed by atoms with Crippen LogP contribution in [0.2, 0.25) is 0 Å². The van der Waals surface area contributed by atoms with Crippen molar-refractivity contribution in [3.05, 3.63) is 29.8 Å². The summed E-state index contributed by atoms with van der Waals surface area (Å²) in [6.45, 7) is 6.81. The number of rotatable bonds is 7. The number of hydrogen-bond donors (Lipinski definition) is 0. The number of benzene rings is 1. The van der Waals surface area contributed by atoms with Crippen molar-refractivity contribution < 1.29 is 14.3 Å². The van der Waals surface area contributed by atoms with Gasteiger partial charge < -0.3 is 14.5 Å². The van der Waals surface area contributed by atoms with Gasteiger partial charge in [-0.15, -0.1) is 0 Å². The zero-order chi connectivity index (χ0) is 20.6. The summed E-state index contributed by atoms with van der Waals surface area (Å²) in [6.07, 6.45) is 3.25. The second kappa shape index (κ2) is 10.6. The molecule has 1 aromatic carbocycles. The molecule has 0 saturated carbocycles. The molecule has 2 saturated heterocycles. The molecule has 2 heterocycles. The first-order chi connectivity index (χ1) is 14.0. The molecule has 0 bridgehead atoms. The second-order valence-corrected chi connectivity index (χ2v) is 8.10. The van der Waals surface area contributed by atoms with Crippen LogP contribution in [0, 0.1) is 0 Å². The number of amides is 2. The van der Waals surface area contributed by atoms with E-state index in [-0.39, 0.29) is 11.8 Å². The maximum Gasteiger partial charge on any atom is 0.236 e. The molecule has 2 aliphatic heterocycles. The lowest BCUT2D eigenvalue weighted by atomic mass is 10.2. The highest BCUT2D eigenvalue weighted by Gasteiger charge is 2.23. The summed E-state index contributed by atoms with van der Waals surface area (Å²) < 4.78 is 5.26. The van der Waals surface area contributed by atoms with Gasteiger partial charge in [0.1, 0.15) is 5.75 Å². The van der Waals surface area contributed by atoms with Crippen LogP contribution >= 0.6 is 0 Å². The summed E-state index contributed by atoms with van der Waals surface area (Å²) in [6, 6.07) is 7.82. The lowest BCUT2D eigenvalue weighted by Crippen LogP contribution is -2.42. The minimum atomic E-state index is 0.120. The minimum Gasteiger partial charge on any atom is -0.497 e.